The Morgan fingerprint density at radius 3 is 3.08 bits per heavy atom. The lowest BCUT2D eigenvalue weighted by atomic mass is 10.1. The Morgan fingerprint density at radius 1 is 1.50 bits per heavy atom. The first-order valence-corrected chi connectivity index (χ1v) is 3.90. The summed E-state index contributed by atoms with van der Waals surface area (Å²) >= 11 is 0. The van der Waals surface area contributed by atoms with E-state index < -0.39 is 0 Å². The van der Waals surface area contributed by atoms with Gasteiger partial charge >= 0.3 is 0 Å². The van der Waals surface area contributed by atoms with Crippen LogP contribution < -0.4 is 15.2 Å². The number of hydrogen-bond donors (Lipinski definition) is 1. The van der Waals surface area contributed by atoms with Crippen molar-refractivity contribution in [3.05, 3.63) is 17.7 Å². The molecule has 0 saturated carbocycles. The molecular formula is C9H11NO2. The quantitative estimate of drug-likeness (QED) is 0.636. The Bertz CT molecular complexity index is 309. The second kappa shape index (κ2) is 2.59. The third-order valence-corrected chi connectivity index (χ3v) is 2.04. The predicted octanol–water partition coefficient (Wildman–Crippen LogP) is 1.21. The van der Waals surface area contributed by atoms with Gasteiger partial charge in [0.1, 0.15) is 11.5 Å². The number of rotatable bonds is 1. The average Bonchev–Trinajstić information content (AvgIpc) is 2.49. The van der Waals surface area contributed by atoms with Crippen LogP contribution in [0.5, 0.6) is 11.5 Å². The Kier molecular flexibility index (Phi) is 1.57. The molecule has 1 aromatic rings. The second-order valence-corrected chi connectivity index (χ2v) is 2.80. The van der Waals surface area contributed by atoms with Crippen molar-refractivity contribution in [3.63, 3.8) is 0 Å². The SMILES string of the molecule is COc1cc2c(cc1N)CCO2. The zero-order chi connectivity index (χ0) is 8.55. The average molecular weight is 165 g/mol. The van der Waals surface area contributed by atoms with Crippen molar-refractivity contribution >= 4 is 5.69 Å². The fourth-order valence-corrected chi connectivity index (χ4v) is 1.40. The zero-order valence-electron chi connectivity index (χ0n) is 6.96. The van der Waals surface area contributed by atoms with E-state index in [9.17, 15) is 0 Å². The van der Waals surface area contributed by atoms with Crippen LogP contribution in [-0.4, -0.2) is 13.7 Å². The number of fused-ring (bicyclic) bond motifs is 1. The van der Waals surface area contributed by atoms with E-state index in [1.54, 1.807) is 7.11 Å². The smallest absolute Gasteiger partial charge is 0.145 e. The van der Waals surface area contributed by atoms with Crippen LogP contribution in [0.4, 0.5) is 5.69 Å². The molecule has 2 N–H and O–H groups in total. The summed E-state index contributed by atoms with van der Waals surface area (Å²) in [5.41, 5.74) is 7.58. The van der Waals surface area contributed by atoms with Crippen molar-refractivity contribution in [3.8, 4) is 11.5 Å². The van der Waals surface area contributed by atoms with Crippen LogP contribution in [-0.2, 0) is 6.42 Å². The maximum absolute atomic E-state index is 5.72. The Labute approximate surface area is 71.1 Å². The summed E-state index contributed by atoms with van der Waals surface area (Å²) in [7, 11) is 1.60. The largest absolute Gasteiger partial charge is 0.494 e. The Morgan fingerprint density at radius 2 is 2.33 bits per heavy atom. The molecule has 1 aromatic carbocycles. The van der Waals surface area contributed by atoms with Gasteiger partial charge in [0.25, 0.3) is 0 Å². The van der Waals surface area contributed by atoms with Gasteiger partial charge in [-0.05, 0) is 11.6 Å². The van der Waals surface area contributed by atoms with Crippen molar-refractivity contribution in [1.82, 2.24) is 0 Å². The molecule has 1 aliphatic heterocycles. The van der Waals surface area contributed by atoms with Crippen LogP contribution >= 0.6 is 0 Å². The van der Waals surface area contributed by atoms with Crippen LogP contribution in [0.15, 0.2) is 12.1 Å². The van der Waals surface area contributed by atoms with E-state index in [0.717, 1.165) is 18.8 Å². The molecule has 0 amide bonds. The first kappa shape index (κ1) is 7.28. The van der Waals surface area contributed by atoms with Crippen molar-refractivity contribution in [1.29, 1.82) is 0 Å². The maximum Gasteiger partial charge on any atom is 0.145 e. The monoisotopic (exact) mass is 165 g/mol. The van der Waals surface area contributed by atoms with Gasteiger partial charge < -0.3 is 15.2 Å². The summed E-state index contributed by atoms with van der Waals surface area (Å²) in [6, 6.07) is 3.76. The van der Waals surface area contributed by atoms with Crippen LogP contribution in [0.3, 0.4) is 0 Å². The minimum atomic E-state index is 0.682. The molecule has 12 heavy (non-hydrogen) atoms. The predicted molar refractivity (Wildman–Crippen MR) is 46.6 cm³/mol. The normalized spacial score (nSPS) is 13.8. The second-order valence-electron chi connectivity index (χ2n) is 2.80. The van der Waals surface area contributed by atoms with E-state index in [-0.39, 0.29) is 0 Å². The summed E-state index contributed by atoms with van der Waals surface area (Å²) in [4.78, 5) is 0. The van der Waals surface area contributed by atoms with Crippen molar-refractivity contribution in [2.45, 2.75) is 6.42 Å². The van der Waals surface area contributed by atoms with Crippen LogP contribution in [0.25, 0.3) is 0 Å². The molecule has 0 aliphatic carbocycles. The topological polar surface area (TPSA) is 44.5 Å². The number of anilines is 1. The van der Waals surface area contributed by atoms with Crippen LogP contribution in [0.1, 0.15) is 5.56 Å². The number of benzene rings is 1. The van der Waals surface area contributed by atoms with Gasteiger partial charge in [-0.25, -0.2) is 0 Å². The number of ether oxygens (including phenoxy) is 2. The van der Waals surface area contributed by atoms with E-state index in [0.29, 0.717) is 11.4 Å². The third kappa shape index (κ3) is 0.978. The van der Waals surface area contributed by atoms with Crippen molar-refractivity contribution in [2.75, 3.05) is 19.5 Å². The van der Waals surface area contributed by atoms with Gasteiger partial charge in [-0.3, -0.25) is 0 Å². The number of methoxy groups -OCH3 is 1. The molecule has 3 nitrogen and oxygen atoms in total. The summed E-state index contributed by atoms with van der Waals surface area (Å²) in [6.45, 7) is 0.752. The number of nitrogens with two attached hydrogens (primary N) is 1. The molecule has 2 rings (SSSR count). The lowest BCUT2D eigenvalue weighted by molar-refractivity contribution is 0.353. The Balaban J connectivity index is 2.49. The lowest BCUT2D eigenvalue weighted by Gasteiger charge is -2.06. The minimum Gasteiger partial charge on any atom is -0.494 e. The molecule has 1 aliphatic rings. The third-order valence-electron chi connectivity index (χ3n) is 2.04. The molecule has 64 valence electrons. The van der Waals surface area contributed by atoms with Crippen LogP contribution in [0, 0.1) is 0 Å². The van der Waals surface area contributed by atoms with Gasteiger partial charge in [0.2, 0.25) is 0 Å². The lowest BCUT2D eigenvalue weighted by Crippen LogP contribution is -1.93. The van der Waals surface area contributed by atoms with Crippen molar-refractivity contribution < 1.29 is 9.47 Å². The number of nitrogen functional groups attached to an aromatic ring is 1. The molecule has 0 unspecified atom stereocenters. The fraction of sp³-hybridized carbons (Fsp3) is 0.333. The molecule has 3 heteroatoms. The van der Waals surface area contributed by atoms with Crippen molar-refractivity contribution in [2.24, 2.45) is 0 Å². The molecule has 0 aromatic heterocycles. The molecule has 0 bridgehead atoms. The number of hydrogen-bond acceptors (Lipinski definition) is 3. The van der Waals surface area contributed by atoms with Gasteiger partial charge in [0.15, 0.2) is 0 Å². The van der Waals surface area contributed by atoms with E-state index in [1.165, 1.54) is 5.56 Å². The van der Waals surface area contributed by atoms with Gasteiger partial charge in [0.05, 0.1) is 19.4 Å². The molecule has 1 heterocycles. The summed E-state index contributed by atoms with van der Waals surface area (Å²) in [6.07, 6.45) is 0.948. The van der Waals surface area contributed by atoms with Crippen LogP contribution in [0.2, 0.25) is 0 Å². The fourth-order valence-electron chi connectivity index (χ4n) is 1.40. The van der Waals surface area contributed by atoms with E-state index in [4.69, 9.17) is 15.2 Å². The molecule has 0 radical (unpaired) electrons. The molecular weight excluding hydrogens is 154 g/mol. The highest BCUT2D eigenvalue weighted by molar-refractivity contribution is 5.59. The molecule has 0 saturated heterocycles. The van der Waals surface area contributed by atoms with E-state index in [1.807, 2.05) is 12.1 Å². The highest BCUT2D eigenvalue weighted by Gasteiger charge is 2.14. The first-order chi connectivity index (χ1) is 5.81. The minimum absolute atomic E-state index is 0.682. The van der Waals surface area contributed by atoms with Gasteiger partial charge in [-0.1, -0.05) is 0 Å². The molecule has 0 atom stereocenters. The molecule has 0 spiro atoms. The van der Waals surface area contributed by atoms with Gasteiger partial charge in [-0.2, -0.15) is 0 Å². The zero-order valence-corrected chi connectivity index (χ0v) is 6.96. The summed E-state index contributed by atoms with van der Waals surface area (Å²) in [5, 5.41) is 0. The van der Waals surface area contributed by atoms with Gasteiger partial charge in [0, 0.05) is 12.5 Å². The Hall–Kier alpha value is -1.38. The van der Waals surface area contributed by atoms with E-state index >= 15 is 0 Å². The standard InChI is InChI=1S/C9H11NO2/c1-11-9-5-8-6(2-3-12-8)4-7(9)10/h4-5H,2-3,10H2,1H3. The summed E-state index contributed by atoms with van der Waals surface area (Å²) < 4.78 is 10.4. The van der Waals surface area contributed by atoms with E-state index in [2.05, 4.69) is 0 Å². The van der Waals surface area contributed by atoms with Gasteiger partial charge in [-0.15, -0.1) is 0 Å². The molecule has 0 fully saturated rings. The summed E-state index contributed by atoms with van der Waals surface area (Å²) in [5.74, 6) is 1.59. The highest BCUT2D eigenvalue weighted by atomic mass is 16.5. The maximum atomic E-state index is 5.72. The highest BCUT2D eigenvalue weighted by Crippen LogP contribution is 2.34. The first-order valence-electron chi connectivity index (χ1n) is 3.90.